The van der Waals surface area contributed by atoms with E-state index in [2.05, 4.69) is 22.2 Å². The number of carboxylic acid groups (broad SMARTS) is 1. The second-order valence-electron chi connectivity index (χ2n) is 4.91. The van der Waals surface area contributed by atoms with Crippen LogP contribution in [0.3, 0.4) is 0 Å². The fraction of sp³-hybridized carbons (Fsp3) is 0.692. The van der Waals surface area contributed by atoms with Crippen LogP contribution in [-0.4, -0.2) is 58.1 Å². The molecule has 0 spiro atoms. The number of hydrogen-bond donors (Lipinski definition) is 1. The van der Waals surface area contributed by atoms with Crippen molar-refractivity contribution < 1.29 is 9.90 Å². The van der Waals surface area contributed by atoms with Gasteiger partial charge in [0.25, 0.3) is 0 Å². The molecular formula is C13H21N3O2S. The number of carboxylic acids is 1. The van der Waals surface area contributed by atoms with Gasteiger partial charge in [-0.15, -0.1) is 11.3 Å². The normalized spacial score (nSPS) is 19.5. The van der Waals surface area contributed by atoms with Gasteiger partial charge in [-0.1, -0.05) is 6.92 Å². The molecule has 1 saturated heterocycles. The van der Waals surface area contributed by atoms with Crippen molar-refractivity contribution in [2.45, 2.75) is 32.9 Å². The second kappa shape index (κ2) is 6.45. The van der Waals surface area contributed by atoms with E-state index in [9.17, 15) is 4.79 Å². The molecule has 0 amide bonds. The molecule has 19 heavy (non-hydrogen) atoms. The van der Waals surface area contributed by atoms with Crippen LogP contribution in [0.2, 0.25) is 0 Å². The van der Waals surface area contributed by atoms with Crippen molar-refractivity contribution in [3.8, 4) is 0 Å². The molecule has 1 aliphatic rings. The molecule has 6 heteroatoms. The highest BCUT2D eigenvalue weighted by Gasteiger charge is 2.25. The standard InChI is InChI=1S/C13H21N3O2S/c1-3-12-14-11(9-19-12)8-15-4-6-16(7-5-15)10(2)13(17)18/h9-10H,3-8H2,1-2H3,(H,17,18). The third kappa shape index (κ3) is 3.75. The Labute approximate surface area is 117 Å². The van der Waals surface area contributed by atoms with Crippen LogP contribution in [0.4, 0.5) is 0 Å². The molecule has 2 heterocycles. The minimum Gasteiger partial charge on any atom is -0.480 e. The van der Waals surface area contributed by atoms with E-state index in [4.69, 9.17) is 5.11 Å². The first-order valence-electron chi connectivity index (χ1n) is 6.72. The molecule has 1 aromatic rings. The average Bonchev–Trinajstić information content (AvgIpc) is 2.86. The van der Waals surface area contributed by atoms with Gasteiger partial charge in [0.2, 0.25) is 0 Å². The molecule has 106 valence electrons. The number of nitrogens with zero attached hydrogens (tertiary/aromatic N) is 3. The van der Waals surface area contributed by atoms with Crippen LogP contribution in [0, 0.1) is 0 Å². The highest BCUT2D eigenvalue weighted by molar-refractivity contribution is 7.09. The lowest BCUT2D eigenvalue weighted by Crippen LogP contribution is -2.51. The molecule has 0 radical (unpaired) electrons. The minimum absolute atomic E-state index is 0.381. The highest BCUT2D eigenvalue weighted by atomic mass is 32.1. The summed E-state index contributed by atoms with van der Waals surface area (Å²) in [7, 11) is 0. The van der Waals surface area contributed by atoms with E-state index in [-0.39, 0.29) is 6.04 Å². The Morgan fingerprint density at radius 1 is 1.47 bits per heavy atom. The molecule has 1 N–H and O–H groups in total. The Kier molecular flexibility index (Phi) is 4.90. The van der Waals surface area contributed by atoms with Crippen molar-refractivity contribution in [1.82, 2.24) is 14.8 Å². The van der Waals surface area contributed by atoms with Crippen LogP contribution >= 0.6 is 11.3 Å². The van der Waals surface area contributed by atoms with Gasteiger partial charge in [-0.25, -0.2) is 4.98 Å². The fourth-order valence-corrected chi connectivity index (χ4v) is 3.01. The molecule has 2 rings (SSSR count). The van der Waals surface area contributed by atoms with Crippen molar-refractivity contribution in [1.29, 1.82) is 0 Å². The van der Waals surface area contributed by atoms with Gasteiger partial charge in [0.1, 0.15) is 6.04 Å². The van der Waals surface area contributed by atoms with Crippen LogP contribution in [0.1, 0.15) is 24.5 Å². The maximum absolute atomic E-state index is 10.9. The Balaban J connectivity index is 1.81. The summed E-state index contributed by atoms with van der Waals surface area (Å²) in [6.45, 7) is 8.22. The van der Waals surface area contributed by atoms with E-state index in [0.717, 1.165) is 44.8 Å². The first kappa shape index (κ1) is 14.4. The quantitative estimate of drug-likeness (QED) is 0.882. The van der Waals surface area contributed by atoms with Crippen molar-refractivity contribution in [3.05, 3.63) is 16.1 Å². The number of rotatable bonds is 5. The van der Waals surface area contributed by atoms with Crippen molar-refractivity contribution >= 4 is 17.3 Å². The molecule has 0 aliphatic carbocycles. The van der Waals surface area contributed by atoms with Crippen LogP contribution < -0.4 is 0 Å². The van der Waals surface area contributed by atoms with Crippen molar-refractivity contribution in [2.24, 2.45) is 0 Å². The SMILES string of the molecule is CCc1nc(CN2CCN(C(C)C(=O)O)CC2)cs1. The van der Waals surface area contributed by atoms with Gasteiger partial charge in [0, 0.05) is 38.1 Å². The number of thiazole rings is 1. The molecule has 0 aromatic carbocycles. The van der Waals surface area contributed by atoms with E-state index in [1.165, 1.54) is 5.01 Å². The van der Waals surface area contributed by atoms with E-state index in [1.807, 2.05) is 4.90 Å². The predicted octanol–water partition coefficient (Wildman–Crippen LogP) is 1.30. The van der Waals surface area contributed by atoms with Crippen molar-refractivity contribution in [3.63, 3.8) is 0 Å². The molecular weight excluding hydrogens is 262 g/mol. The lowest BCUT2D eigenvalue weighted by atomic mass is 10.2. The van der Waals surface area contributed by atoms with Gasteiger partial charge in [-0.2, -0.15) is 0 Å². The van der Waals surface area contributed by atoms with Crippen LogP contribution in [0.15, 0.2) is 5.38 Å². The lowest BCUT2D eigenvalue weighted by Gasteiger charge is -2.36. The lowest BCUT2D eigenvalue weighted by molar-refractivity contribution is -0.143. The maximum Gasteiger partial charge on any atom is 0.320 e. The summed E-state index contributed by atoms with van der Waals surface area (Å²) in [5.41, 5.74) is 1.14. The topological polar surface area (TPSA) is 56.7 Å². The monoisotopic (exact) mass is 283 g/mol. The number of hydrogen-bond acceptors (Lipinski definition) is 5. The molecule has 0 saturated carbocycles. The first-order valence-corrected chi connectivity index (χ1v) is 7.60. The van der Waals surface area contributed by atoms with Crippen LogP contribution in [0.25, 0.3) is 0 Å². The van der Waals surface area contributed by atoms with E-state index in [1.54, 1.807) is 18.3 Å². The third-order valence-electron chi connectivity index (χ3n) is 3.60. The van der Waals surface area contributed by atoms with Crippen LogP contribution in [-0.2, 0) is 17.8 Å². The van der Waals surface area contributed by atoms with Gasteiger partial charge >= 0.3 is 5.97 Å². The molecule has 0 bridgehead atoms. The van der Waals surface area contributed by atoms with Crippen LogP contribution in [0.5, 0.6) is 0 Å². The summed E-state index contributed by atoms with van der Waals surface area (Å²) < 4.78 is 0. The smallest absolute Gasteiger partial charge is 0.320 e. The molecule has 1 aromatic heterocycles. The number of aryl methyl sites for hydroxylation is 1. The Morgan fingerprint density at radius 3 is 2.68 bits per heavy atom. The number of piperazine rings is 1. The zero-order valence-electron chi connectivity index (χ0n) is 11.5. The largest absolute Gasteiger partial charge is 0.480 e. The number of aliphatic carboxylic acids is 1. The van der Waals surface area contributed by atoms with E-state index < -0.39 is 5.97 Å². The zero-order chi connectivity index (χ0) is 13.8. The summed E-state index contributed by atoms with van der Waals surface area (Å²) in [6.07, 6.45) is 0.995. The number of carbonyl (C=O) groups is 1. The summed E-state index contributed by atoms with van der Waals surface area (Å²) in [5.74, 6) is -0.736. The maximum atomic E-state index is 10.9. The molecule has 1 atom stereocenters. The predicted molar refractivity (Wildman–Crippen MR) is 75.4 cm³/mol. The Hall–Kier alpha value is -0.980. The number of aromatic nitrogens is 1. The molecule has 1 aliphatic heterocycles. The van der Waals surface area contributed by atoms with Gasteiger partial charge in [0.15, 0.2) is 0 Å². The second-order valence-corrected chi connectivity index (χ2v) is 5.86. The van der Waals surface area contributed by atoms with E-state index >= 15 is 0 Å². The van der Waals surface area contributed by atoms with Gasteiger partial charge < -0.3 is 5.11 Å². The van der Waals surface area contributed by atoms with E-state index in [0.29, 0.717) is 0 Å². The summed E-state index contributed by atoms with van der Waals surface area (Å²) in [4.78, 5) is 19.9. The fourth-order valence-electron chi connectivity index (χ4n) is 2.28. The summed E-state index contributed by atoms with van der Waals surface area (Å²) in [6, 6.07) is -0.381. The Bertz CT molecular complexity index is 427. The molecule has 5 nitrogen and oxygen atoms in total. The van der Waals surface area contributed by atoms with Gasteiger partial charge in [-0.05, 0) is 13.3 Å². The zero-order valence-corrected chi connectivity index (χ0v) is 12.3. The highest BCUT2D eigenvalue weighted by Crippen LogP contribution is 2.14. The van der Waals surface area contributed by atoms with Gasteiger partial charge in [-0.3, -0.25) is 14.6 Å². The summed E-state index contributed by atoms with van der Waals surface area (Å²) in [5, 5.41) is 12.3. The van der Waals surface area contributed by atoms with Crippen molar-refractivity contribution in [2.75, 3.05) is 26.2 Å². The first-order chi connectivity index (χ1) is 9.10. The molecule has 1 fully saturated rings. The third-order valence-corrected chi connectivity index (χ3v) is 4.64. The minimum atomic E-state index is -0.736. The summed E-state index contributed by atoms with van der Waals surface area (Å²) >= 11 is 1.72. The Morgan fingerprint density at radius 2 is 2.16 bits per heavy atom. The van der Waals surface area contributed by atoms with Gasteiger partial charge in [0.05, 0.1) is 10.7 Å². The molecule has 1 unspecified atom stereocenters. The average molecular weight is 283 g/mol.